The monoisotopic (exact) mass is 499 g/mol. The predicted octanol–water partition coefficient (Wildman–Crippen LogP) is 6.50. The van der Waals surface area contributed by atoms with Crippen LogP contribution in [0.3, 0.4) is 0 Å². The van der Waals surface area contributed by atoms with E-state index in [2.05, 4.69) is 10.1 Å². The number of nitrogens with one attached hydrogen (secondary N) is 1. The molecule has 0 saturated carbocycles. The predicted molar refractivity (Wildman–Crippen MR) is 113 cm³/mol. The number of rotatable bonds is 7. The molecule has 1 N–H and O–H groups in total. The van der Waals surface area contributed by atoms with Gasteiger partial charge < -0.3 is 14.8 Å². The molecule has 3 aromatic carbocycles. The number of ether oxygens (including phenoxy) is 2. The van der Waals surface area contributed by atoms with E-state index in [-0.39, 0.29) is 27.6 Å². The highest BCUT2D eigenvalue weighted by Gasteiger charge is 2.32. The Morgan fingerprint density at radius 1 is 0.912 bits per heavy atom. The van der Waals surface area contributed by atoms with Crippen molar-refractivity contribution in [3.63, 3.8) is 0 Å². The molecule has 1 amide bonds. The SMILES string of the molecule is O=C(O[C@@H](C(=O)Nc1cc(C(F)(F)F)ccc1Cl)c1ccccc1)c1cccc(OC(F)F)c1. The summed E-state index contributed by atoms with van der Waals surface area (Å²) in [7, 11) is 0. The van der Waals surface area contributed by atoms with Crippen molar-refractivity contribution in [1.82, 2.24) is 0 Å². The standard InChI is InChI=1S/C23H15ClF5NO4/c24-17-10-9-15(23(27,28)29)12-18(17)30-20(31)19(13-5-2-1-3-6-13)34-21(32)14-7-4-8-16(11-14)33-22(25)26/h1-12,19,22H,(H,30,31)/t19-/m1/s1. The van der Waals surface area contributed by atoms with Crippen LogP contribution in [0.5, 0.6) is 5.75 Å². The van der Waals surface area contributed by atoms with Crippen LogP contribution in [-0.4, -0.2) is 18.5 Å². The zero-order chi connectivity index (χ0) is 24.9. The van der Waals surface area contributed by atoms with Crippen LogP contribution in [0.15, 0.2) is 72.8 Å². The largest absolute Gasteiger partial charge is 0.444 e. The summed E-state index contributed by atoms with van der Waals surface area (Å²) in [4.78, 5) is 25.6. The number of hydrogen-bond acceptors (Lipinski definition) is 4. The first-order chi connectivity index (χ1) is 16.0. The van der Waals surface area contributed by atoms with Crippen molar-refractivity contribution in [2.45, 2.75) is 18.9 Å². The van der Waals surface area contributed by atoms with Gasteiger partial charge in [0.05, 0.1) is 21.8 Å². The Morgan fingerprint density at radius 3 is 2.26 bits per heavy atom. The summed E-state index contributed by atoms with van der Waals surface area (Å²) in [6.45, 7) is -3.12. The Labute approximate surface area is 195 Å². The number of esters is 1. The quantitative estimate of drug-likeness (QED) is 0.298. The van der Waals surface area contributed by atoms with Crippen LogP contribution in [0, 0.1) is 0 Å². The van der Waals surface area contributed by atoms with Crippen LogP contribution in [0.4, 0.5) is 27.6 Å². The van der Waals surface area contributed by atoms with Crippen molar-refractivity contribution < 1.29 is 41.0 Å². The van der Waals surface area contributed by atoms with Crippen LogP contribution in [-0.2, 0) is 15.7 Å². The Hall–Kier alpha value is -3.66. The number of halogens is 6. The maximum Gasteiger partial charge on any atom is 0.416 e. The molecule has 0 aromatic heterocycles. The summed E-state index contributed by atoms with van der Waals surface area (Å²) in [6, 6.07) is 14.7. The first kappa shape index (κ1) is 25.0. The molecule has 3 aromatic rings. The smallest absolute Gasteiger partial charge is 0.416 e. The fourth-order valence-corrected chi connectivity index (χ4v) is 3.04. The Kier molecular flexibility index (Phi) is 7.72. The van der Waals surface area contributed by atoms with E-state index in [0.717, 1.165) is 18.2 Å². The lowest BCUT2D eigenvalue weighted by Crippen LogP contribution is -2.26. The molecule has 0 unspecified atom stereocenters. The van der Waals surface area contributed by atoms with E-state index >= 15 is 0 Å². The Bertz CT molecular complexity index is 1170. The third-order valence-corrected chi connectivity index (χ3v) is 4.74. The van der Waals surface area contributed by atoms with Gasteiger partial charge in [-0.05, 0) is 36.4 Å². The van der Waals surface area contributed by atoms with E-state index in [1.165, 1.54) is 30.3 Å². The minimum absolute atomic E-state index is 0.170. The van der Waals surface area contributed by atoms with Crippen molar-refractivity contribution in [2.75, 3.05) is 5.32 Å². The number of alkyl halides is 5. The summed E-state index contributed by atoms with van der Waals surface area (Å²) < 4.78 is 73.6. The summed E-state index contributed by atoms with van der Waals surface area (Å²) >= 11 is 5.94. The number of benzene rings is 3. The molecule has 0 saturated heterocycles. The number of carbonyl (C=O) groups excluding carboxylic acids is 2. The first-order valence-corrected chi connectivity index (χ1v) is 9.91. The van der Waals surface area contributed by atoms with Crippen LogP contribution in [0.2, 0.25) is 5.02 Å². The molecule has 0 fully saturated rings. The van der Waals surface area contributed by atoms with Crippen molar-refractivity contribution in [3.05, 3.63) is 94.5 Å². The maximum absolute atomic E-state index is 13.0. The molecule has 0 aliphatic heterocycles. The van der Waals surface area contributed by atoms with Gasteiger partial charge in [-0.25, -0.2) is 4.79 Å². The van der Waals surface area contributed by atoms with E-state index in [1.807, 2.05) is 0 Å². The van der Waals surface area contributed by atoms with E-state index in [1.54, 1.807) is 18.2 Å². The van der Waals surface area contributed by atoms with Crippen molar-refractivity contribution in [2.24, 2.45) is 0 Å². The zero-order valence-corrected chi connectivity index (χ0v) is 17.7. The molecule has 5 nitrogen and oxygen atoms in total. The summed E-state index contributed by atoms with van der Waals surface area (Å²) in [5.74, 6) is -2.35. The average molecular weight is 500 g/mol. The van der Waals surface area contributed by atoms with Gasteiger partial charge in [0.1, 0.15) is 5.75 Å². The van der Waals surface area contributed by atoms with E-state index in [4.69, 9.17) is 16.3 Å². The van der Waals surface area contributed by atoms with E-state index in [9.17, 15) is 31.5 Å². The fraction of sp³-hybridized carbons (Fsp3) is 0.130. The summed E-state index contributed by atoms with van der Waals surface area (Å²) in [5, 5.41) is 2.07. The molecule has 11 heteroatoms. The third kappa shape index (κ3) is 6.44. The minimum Gasteiger partial charge on any atom is -0.444 e. The van der Waals surface area contributed by atoms with Crippen LogP contribution >= 0.6 is 11.6 Å². The summed E-state index contributed by atoms with van der Waals surface area (Å²) in [5.41, 5.74) is -1.37. The normalized spacial score (nSPS) is 12.2. The molecule has 34 heavy (non-hydrogen) atoms. The van der Waals surface area contributed by atoms with Gasteiger partial charge in [-0.2, -0.15) is 22.0 Å². The van der Waals surface area contributed by atoms with Crippen molar-refractivity contribution in [3.8, 4) is 5.75 Å². The van der Waals surface area contributed by atoms with Crippen LogP contribution in [0.1, 0.15) is 27.6 Å². The van der Waals surface area contributed by atoms with Gasteiger partial charge in [-0.1, -0.05) is 48.0 Å². The highest BCUT2D eigenvalue weighted by Crippen LogP contribution is 2.34. The van der Waals surface area contributed by atoms with Gasteiger partial charge in [0.15, 0.2) is 0 Å². The molecule has 0 aliphatic carbocycles. The lowest BCUT2D eigenvalue weighted by atomic mass is 10.1. The van der Waals surface area contributed by atoms with Gasteiger partial charge in [-0.15, -0.1) is 0 Å². The Balaban J connectivity index is 1.88. The van der Waals surface area contributed by atoms with E-state index < -0.39 is 36.3 Å². The second kappa shape index (κ2) is 10.5. The number of anilines is 1. The fourth-order valence-electron chi connectivity index (χ4n) is 2.87. The molecule has 0 heterocycles. The lowest BCUT2D eigenvalue weighted by Gasteiger charge is -2.19. The van der Waals surface area contributed by atoms with Gasteiger partial charge in [0.2, 0.25) is 6.10 Å². The minimum atomic E-state index is -4.68. The second-order valence-corrected chi connectivity index (χ2v) is 7.19. The first-order valence-electron chi connectivity index (χ1n) is 9.53. The molecule has 1 atom stereocenters. The number of hydrogen-bond donors (Lipinski definition) is 1. The van der Waals surface area contributed by atoms with Crippen LogP contribution in [0.25, 0.3) is 0 Å². The molecule has 0 aliphatic rings. The maximum atomic E-state index is 13.0. The zero-order valence-electron chi connectivity index (χ0n) is 17.0. The summed E-state index contributed by atoms with van der Waals surface area (Å²) in [6.07, 6.45) is -6.28. The van der Waals surface area contributed by atoms with Gasteiger partial charge >= 0.3 is 18.8 Å². The highest BCUT2D eigenvalue weighted by atomic mass is 35.5. The van der Waals surface area contributed by atoms with Crippen molar-refractivity contribution >= 4 is 29.2 Å². The molecular formula is C23H15ClF5NO4. The lowest BCUT2D eigenvalue weighted by molar-refractivity contribution is -0.137. The third-order valence-electron chi connectivity index (χ3n) is 4.41. The molecule has 0 radical (unpaired) electrons. The Morgan fingerprint density at radius 2 is 1.62 bits per heavy atom. The molecule has 0 spiro atoms. The molecule has 178 valence electrons. The highest BCUT2D eigenvalue weighted by molar-refractivity contribution is 6.33. The topological polar surface area (TPSA) is 64.6 Å². The average Bonchev–Trinajstić information content (AvgIpc) is 2.78. The van der Waals surface area contributed by atoms with Gasteiger partial charge in [-0.3, -0.25) is 4.79 Å². The molecule has 0 bridgehead atoms. The van der Waals surface area contributed by atoms with E-state index in [0.29, 0.717) is 6.07 Å². The van der Waals surface area contributed by atoms with Gasteiger partial charge in [0.25, 0.3) is 5.91 Å². The van der Waals surface area contributed by atoms with Crippen molar-refractivity contribution in [1.29, 1.82) is 0 Å². The number of carbonyl (C=O) groups is 2. The number of amides is 1. The molecule has 3 rings (SSSR count). The molecular weight excluding hydrogens is 485 g/mol. The van der Waals surface area contributed by atoms with Crippen LogP contribution < -0.4 is 10.1 Å². The second-order valence-electron chi connectivity index (χ2n) is 6.78. The van der Waals surface area contributed by atoms with Gasteiger partial charge in [0, 0.05) is 5.56 Å².